The molecular weight excluding hydrogens is 364 g/mol. The van der Waals surface area contributed by atoms with E-state index in [9.17, 15) is 4.79 Å². The molecule has 2 N–H and O–H groups in total. The quantitative estimate of drug-likeness (QED) is 0.742. The molecule has 0 radical (unpaired) electrons. The predicted molar refractivity (Wildman–Crippen MR) is 108 cm³/mol. The lowest BCUT2D eigenvalue weighted by Crippen LogP contribution is -2.34. The van der Waals surface area contributed by atoms with E-state index in [0.29, 0.717) is 17.9 Å². The Morgan fingerprint density at radius 2 is 1.85 bits per heavy atom. The van der Waals surface area contributed by atoms with Crippen LogP contribution in [-0.4, -0.2) is 37.4 Å². The second-order valence-corrected chi connectivity index (χ2v) is 6.52. The molecule has 0 spiro atoms. The van der Waals surface area contributed by atoms with Crippen molar-refractivity contribution in [1.82, 2.24) is 5.32 Å². The zero-order chi connectivity index (χ0) is 19.1. The van der Waals surface area contributed by atoms with E-state index in [1.54, 1.807) is 31.4 Å². The Kier molecular flexibility index (Phi) is 6.62. The van der Waals surface area contributed by atoms with Gasteiger partial charge in [0.1, 0.15) is 18.1 Å². The SMILES string of the molecule is COc1ccc(C(=O)NC(=S)Nc2ccc(OC[C@H]3CCCO3)cc2)cc1. The van der Waals surface area contributed by atoms with Crippen LogP contribution < -0.4 is 20.1 Å². The van der Waals surface area contributed by atoms with Crippen molar-refractivity contribution in [2.45, 2.75) is 18.9 Å². The van der Waals surface area contributed by atoms with E-state index in [1.807, 2.05) is 24.3 Å². The summed E-state index contributed by atoms with van der Waals surface area (Å²) in [6.07, 6.45) is 2.32. The van der Waals surface area contributed by atoms with Crippen molar-refractivity contribution in [3.8, 4) is 11.5 Å². The van der Waals surface area contributed by atoms with Crippen LogP contribution in [0.15, 0.2) is 48.5 Å². The number of nitrogens with one attached hydrogen (secondary N) is 2. The van der Waals surface area contributed by atoms with Gasteiger partial charge in [-0.25, -0.2) is 0 Å². The molecule has 3 rings (SSSR count). The van der Waals surface area contributed by atoms with Crippen LogP contribution in [0.3, 0.4) is 0 Å². The van der Waals surface area contributed by atoms with Crippen molar-refractivity contribution >= 4 is 28.9 Å². The van der Waals surface area contributed by atoms with E-state index in [0.717, 1.165) is 30.9 Å². The molecule has 7 heteroatoms. The van der Waals surface area contributed by atoms with Crippen LogP contribution in [-0.2, 0) is 4.74 Å². The van der Waals surface area contributed by atoms with Crippen molar-refractivity contribution in [2.75, 3.05) is 25.6 Å². The third-order valence-corrected chi connectivity index (χ3v) is 4.36. The minimum atomic E-state index is -0.285. The molecule has 1 fully saturated rings. The first-order valence-corrected chi connectivity index (χ1v) is 9.16. The summed E-state index contributed by atoms with van der Waals surface area (Å²) < 4.78 is 16.3. The zero-order valence-electron chi connectivity index (χ0n) is 15.1. The Hall–Kier alpha value is -2.64. The Morgan fingerprint density at radius 1 is 1.15 bits per heavy atom. The lowest BCUT2D eigenvalue weighted by Gasteiger charge is -2.13. The summed E-state index contributed by atoms with van der Waals surface area (Å²) in [7, 11) is 1.58. The van der Waals surface area contributed by atoms with Crippen LogP contribution in [0.25, 0.3) is 0 Å². The van der Waals surface area contributed by atoms with E-state index in [2.05, 4.69) is 10.6 Å². The summed E-state index contributed by atoms with van der Waals surface area (Å²) in [4.78, 5) is 12.2. The van der Waals surface area contributed by atoms with Gasteiger partial charge in [0.25, 0.3) is 5.91 Å². The summed E-state index contributed by atoms with van der Waals surface area (Å²) >= 11 is 5.20. The van der Waals surface area contributed by atoms with Gasteiger partial charge in [-0.15, -0.1) is 0 Å². The van der Waals surface area contributed by atoms with Gasteiger partial charge in [-0.3, -0.25) is 10.1 Å². The molecule has 0 aliphatic carbocycles. The van der Waals surface area contributed by atoms with Crippen LogP contribution >= 0.6 is 12.2 Å². The number of hydrogen-bond acceptors (Lipinski definition) is 5. The number of hydrogen-bond donors (Lipinski definition) is 2. The summed E-state index contributed by atoms with van der Waals surface area (Å²) in [5.41, 5.74) is 1.26. The summed E-state index contributed by atoms with van der Waals surface area (Å²) in [6, 6.07) is 14.2. The van der Waals surface area contributed by atoms with Crippen LogP contribution in [0.1, 0.15) is 23.2 Å². The van der Waals surface area contributed by atoms with E-state index < -0.39 is 0 Å². The highest BCUT2D eigenvalue weighted by Crippen LogP contribution is 2.18. The van der Waals surface area contributed by atoms with Crippen molar-refractivity contribution in [1.29, 1.82) is 0 Å². The molecule has 27 heavy (non-hydrogen) atoms. The maximum atomic E-state index is 12.2. The molecule has 0 aromatic heterocycles. The van der Waals surface area contributed by atoms with Crippen molar-refractivity contribution in [2.24, 2.45) is 0 Å². The van der Waals surface area contributed by atoms with Gasteiger partial charge >= 0.3 is 0 Å². The highest BCUT2D eigenvalue weighted by Gasteiger charge is 2.16. The molecule has 0 saturated carbocycles. The number of amides is 1. The fourth-order valence-corrected chi connectivity index (χ4v) is 2.89. The third kappa shape index (κ3) is 5.67. The number of rotatable bonds is 6. The van der Waals surface area contributed by atoms with Crippen LogP contribution in [0.2, 0.25) is 0 Å². The molecule has 1 aliphatic heterocycles. The van der Waals surface area contributed by atoms with Gasteiger partial charge in [-0.1, -0.05) is 0 Å². The van der Waals surface area contributed by atoms with E-state index in [1.165, 1.54) is 0 Å². The lowest BCUT2D eigenvalue weighted by atomic mass is 10.2. The van der Waals surface area contributed by atoms with E-state index in [-0.39, 0.29) is 17.1 Å². The number of methoxy groups -OCH3 is 1. The maximum Gasteiger partial charge on any atom is 0.257 e. The normalized spacial score (nSPS) is 15.8. The fourth-order valence-electron chi connectivity index (χ4n) is 2.68. The highest BCUT2D eigenvalue weighted by atomic mass is 32.1. The number of anilines is 1. The van der Waals surface area contributed by atoms with Crippen molar-refractivity contribution in [3.63, 3.8) is 0 Å². The second kappa shape index (κ2) is 9.34. The molecular formula is C20H22N2O4S. The Labute approximate surface area is 163 Å². The van der Waals surface area contributed by atoms with Crippen LogP contribution in [0.4, 0.5) is 5.69 Å². The number of benzene rings is 2. The molecule has 1 atom stereocenters. The molecule has 6 nitrogen and oxygen atoms in total. The molecule has 2 aromatic rings. The second-order valence-electron chi connectivity index (χ2n) is 6.11. The van der Waals surface area contributed by atoms with Gasteiger partial charge in [-0.2, -0.15) is 0 Å². The van der Waals surface area contributed by atoms with Crippen molar-refractivity contribution in [3.05, 3.63) is 54.1 Å². The monoisotopic (exact) mass is 386 g/mol. The maximum absolute atomic E-state index is 12.2. The summed E-state index contributed by atoms with van der Waals surface area (Å²) in [6.45, 7) is 1.37. The molecule has 0 unspecified atom stereocenters. The van der Waals surface area contributed by atoms with Gasteiger partial charge < -0.3 is 19.5 Å². The van der Waals surface area contributed by atoms with Crippen molar-refractivity contribution < 1.29 is 19.0 Å². The van der Waals surface area contributed by atoms with Crippen LogP contribution in [0, 0.1) is 0 Å². The first kappa shape index (κ1) is 19.1. The molecule has 1 saturated heterocycles. The molecule has 1 aliphatic rings. The Balaban J connectivity index is 1.47. The number of thiocarbonyl (C=S) groups is 1. The zero-order valence-corrected chi connectivity index (χ0v) is 15.9. The smallest absolute Gasteiger partial charge is 0.257 e. The molecule has 2 aromatic carbocycles. The minimum absolute atomic E-state index is 0.184. The number of ether oxygens (including phenoxy) is 3. The Morgan fingerprint density at radius 3 is 2.48 bits per heavy atom. The minimum Gasteiger partial charge on any atom is -0.497 e. The Bertz CT molecular complexity index is 772. The standard InChI is InChI=1S/C20H22N2O4S/c1-24-16-8-4-14(5-9-16)19(23)22-20(27)21-15-6-10-17(11-7-15)26-13-18-3-2-12-25-18/h4-11,18H,2-3,12-13H2,1H3,(H2,21,22,23,27)/t18-/m1/s1. The highest BCUT2D eigenvalue weighted by molar-refractivity contribution is 7.80. The van der Waals surface area contributed by atoms with E-state index >= 15 is 0 Å². The van der Waals surface area contributed by atoms with Gasteiger partial charge in [0.05, 0.1) is 13.2 Å². The first-order valence-electron chi connectivity index (χ1n) is 8.75. The molecule has 142 valence electrons. The van der Waals surface area contributed by atoms with Gasteiger partial charge in [-0.05, 0) is 73.6 Å². The summed E-state index contributed by atoms with van der Waals surface area (Å²) in [5, 5.41) is 5.86. The van der Waals surface area contributed by atoms with Crippen LogP contribution in [0.5, 0.6) is 11.5 Å². The van der Waals surface area contributed by atoms with Gasteiger partial charge in [0, 0.05) is 17.9 Å². The molecule has 1 amide bonds. The largest absolute Gasteiger partial charge is 0.497 e. The third-order valence-electron chi connectivity index (χ3n) is 4.15. The first-order chi connectivity index (χ1) is 13.1. The van der Waals surface area contributed by atoms with E-state index in [4.69, 9.17) is 26.4 Å². The molecule has 1 heterocycles. The topological polar surface area (TPSA) is 68.8 Å². The lowest BCUT2D eigenvalue weighted by molar-refractivity contribution is 0.0679. The summed E-state index contributed by atoms with van der Waals surface area (Å²) in [5.74, 6) is 1.17. The average Bonchev–Trinajstić information content (AvgIpc) is 3.21. The average molecular weight is 386 g/mol. The predicted octanol–water partition coefficient (Wildman–Crippen LogP) is 3.38. The van der Waals surface area contributed by atoms with Gasteiger partial charge in [0.15, 0.2) is 5.11 Å². The molecule has 0 bridgehead atoms. The number of carbonyl (C=O) groups excluding carboxylic acids is 1. The fraction of sp³-hybridized carbons (Fsp3) is 0.300. The van der Waals surface area contributed by atoms with Gasteiger partial charge in [0.2, 0.25) is 0 Å². The number of carbonyl (C=O) groups is 1.